The normalized spacial score (nSPS) is 14.5. The molecule has 0 aromatic heterocycles. The van der Waals surface area contributed by atoms with E-state index in [0.29, 0.717) is 0 Å². The molecule has 0 unspecified atom stereocenters. The molecule has 0 aliphatic heterocycles. The first-order chi connectivity index (χ1) is 8.88. The van der Waals surface area contributed by atoms with E-state index in [-0.39, 0.29) is 35.5 Å². The van der Waals surface area contributed by atoms with Gasteiger partial charge in [0.2, 0.25) is 5.91 Å². The molecule has 0 saturated carbocycles. The lowest BCUT2D eigenvalue weighted by atomic mass is 9.86. The summed E-state index contributed by atoms with van der Waals surface area (Å²) in [5, 5.41) is 3.00. The van der Waals surface area contributed by atoms with Crippen LogP contribution in [0.5, 0.6) is 0 Å². The highest BCUT2D eigenvalue weighted by atomic mass is 16.2. The molecule has 0 aromatic rings. The molecular formula is C16H31NO2. The van der Waals surface area contributed by atoms with Crippen molar-refractivity contribution in [1.29, 1.82) is 0 Å². The summed E-state index contributed by atoms with van der Waals surface area (Å²) in [5.74, 6) is 0.375. The molecule has 0 rings (SSSR count). The number of carbonyl (C=O) groups excluding carboxylic acids is 2. The molecule has 0 fully saturated rings. The van der Waals surface area contributed by atoms with Gasteiger partial charge in [0.15, 0.2) is 5.78 Å². The van der Waals surface area contributed by atoms with Crippen molar-refractivity contribution in [2.75, 3.05) is 0 Å². The van der Waals surface area contributed by atoms with Gasteiger partial charge in [0.1, 0.15) is 0 Å². The molecule has 0 saturated heterocycles. The molecule has 2 atom stereocenters. The Morgan fingerprint density at radius 2 is 1.53 bits per heavy atom. The van der Waals surface area contributed by atoms with E-state index in [1.807, 2.05) is 20.8 Å². The van der Waals surface area contributed by atoms with Gasteiger partial charge in [-0.25, -0.2) is 0 Å². The first-order valence-corrected chi connectivity index (χ1v) is 7.72. The maximum atomic E-state index is 12.3. The van der Waals surface area contributed by atoms with E-state index in [9.17, 15) is 9.59 Å². The Bertz CT molecular complexity index is 282. The minimum absolute atomic E-state index is 0.0122. The zero-order chi connectivity index (χ0) is 15.0. The summed E-state index contributed by atoms with van der Waals surface area (Å²) in [4.78, 5) is 24.4. The zero-order valence-corrected chi connectivity index (χ0v) is 13.5. The van der Waals surface area contributed by atoms with Crippen LogP contribution in [0.15, 0.2) is 0 Å². The van der Waals surface area contributed by atoms with Gasteiger partial charge in [0.25, 0.3) is 0 Å². The number of ketones is 1. The molecule has 3 nitrogen and oxygen atoms in total. The number of Topliss-reactive ketones (excluding diaryl/α,β-unsaturated/α-hetero) is 1. The third-order valence-electron chi connectivity index (χ3n) is 3.86. The second-order valence-corrected chi connectivity index (χ2v) is 5.81. The van der Waals surface area contributed by atoms with Crippen LogP contribution in [0.2, 0.25) is 0 Å². The number of nitrogens with one attached hydrogen (secondary N) is 1. The molecule has 0 aromatic carbocycles. The largest absolute Gasteiger partial charge is 0.346 e. The zero-order valence-electron chi connectivity index (χ0n) is 13.5. The summed E-state index contributed by atoms with van der Waals surface area (Å²) in [5.41, 5.74) is 0. The average Bonchev–Trinajstić information content (AvgIpc) is 2.37. The highest BCUT2D eigenvalue weighted by molar-refractivity contribution is 5.91. The number of rotatable bonds is 9. The fourth-order valence-corrected chi connectivity index (χ4v) is 2.40. The topological polar surface area (TPSA) is 46.2 Å². The van der Waals surface area contributed by atoms with Crippen molar-refractivity contribution >= 4 is 11.7 Å². The molecule has 0 aliphatic rings. The molecule has 0 radical (unpaired) electrons. The van der Waals surface area contributed by atoms with Gasteiger partial charge < -0.3 is 5.32 Å². The van der Waals surface area contributed by atoms with E-state index in [4.69, 9.17) is 0 Å². The second-order valence-electron chi connectivity index (χ2n) is 5.81. The molecule has 19 heavy (non-hydrogen) atoms. The average molecular weight is 269 g/mol. The van der Waals surface area contributed by atoms with Crippen LogP contribution in [0.25, 0.3) is 0 Å². The SMILES string of the molecule is CCC[C@@H](C)C(=O)N[C@H](C(=O)C(C)C)C(CC)CC. The van der Waals surface area contributed by atoms with E-state index in [2.05, 4.69) is 26.1 Å². The first-order valence-electron chi connectivity index (χ1n) is 7.72. The molecule has 0 bridgehead atoms. The third kappa shape index (κ3) is 5.75. The first kappa shape index (κ1) is 18.1. The Kier molecular flexibility index (Phi) is 8.70. The van der Waals surface area contributed by atoms with Crippen LogP contribution in [-0.4, -0.2) is 17.7 Å². The fraction of sp³-hybridized carbons (Fsp3) is 0.875. The predicted molar refractivity (Wildman–Crippen MR) is 79.9 cm³/mol. The van der Waals surface area contributed by atoms with Crippen LogP contribution >= 0.6 is 0 Å². The van der Waals surface area contributed by atoms with Crippen LogP contribution < -0.4 is 5.32 Å². The number of hydrogen-bond acceptors (Lipinski definition) is 2. The van der Waals surface area contributed by atoms with Crippen LogP contribution in [0, 0.1) is 17.8 Å². The molecular weight excluding hydrogens is 238 g/mol. The summed E-state index contributed by atoms with van der Waals surface area (Å²) in [7, 11) is 0. The summed E-state index contributed by atoms with van der Waals surface area (Å²) < 4.78 is 0. The van der Waals surface area contributed by atoms with Crippen LogP contribution in [-0.2, 0) is 9.59 Å². The Labute approximate surface area is 118 Å². The molecule has 0 aliphatic carbocycles. The lowest BCUT2D eigenvalue weighted by Crippen LogP contribution is -2.48. The van der Waals surface area contributed by atoms with Crippen molar-refractivity contribution in [2.24, 2.45) is 17.8 Å². The van der Waals surface area contributed by atoms with Gasteiger partial charge in [-0.3, -0.25) is 9.59 Å². The fourth-order valence-electron chi connectivity index (χ4n) is 2.40. The molecule has 0 heterocycles. The maximum Gasteiger partial charge on any atom is 0.223 e. The Hall–Kier alpha value is -0.860. The Balaban J connectivity index is 4.85. The summed E-state index contributed by atoms with van der Waals surface area (Å²) in [6.07, 6.45) is 3.70. The predicted octanol–water partition coefficient (Wildman–Crippen LogP) is 3.57. The van der Waals surface area contributed by atoms with E-state index in [1.54, 1.807) is 0 Å². The van der Waals surface area contributed by atoms with Crippen LogP contribution in [0.1, 0.15) is 67.2 Å². The minimum Gasteiger partial charge on any atom is -0.346 e. The molecule has 1 amide bonds. The van der Waals surface area contributed by atoms with Crippen LogP contribution in [0.3, 0.4) is 0 Å². The monoisotopic (exact) mass is 269 g/mol. The Morgan fingerprint density at radius 3 is 1.89 bits per heavy atom. The summed E-state index contributed by atoms with van der Waals surface area (Å²) in [6, 6.07) is -0.318. The third-order valence-corrected chi connectivity index (χ3v) is 3.86. The van der Waals surface area contributed by atoms with E-state index in [0.717, 1.165) is 25.7 Å². The van der Waals surface area contributed by atoms with Gasteiger partial charge in [0.05, 0.1) is 6.04 Å². The molecule has 112 valence electrons. The molecule has 1 N–H and O–H groups in total. The number of amides is 1. The quantitative estimate of drug-likeness (QED) is 0.695. The van der Waals surface area contributed by atoms with Crippen molar-refractivity contribution in [1.82, 2.24) is 5.32 Å². The number of carbonyl (C=O) groups is 2. The second kappa shape index (κ2) is 9.11. The Morgan fingerprint density at radius 1 is 1.00 bits per heavy atom. The summed E-state index contributed by atoms with van der Waals surface area (Å²) >= 11 is 0. The van der Waals surface area contributed by atoms with Crippen molar-refractivity contribution < 1.29 is 9.59 Å². The minimum atomic E-state index is -0.318. The smallest absolute Gasteiger partial charge is 0.223 e. The van der Waals surface area contributed by atoms with E-state index >= 15 is 0 Å². The highest BCUT2D eigenvalue weighted by Crippen LogP contribution is 2.18. The summed E-state index contributed by atoms with van der Waals surface area (Å²) in [6.45, 7) is 12.0. The van der Waals surface area contributed by atoms with Crippen molar-refractivity contribution in [2.45, 2.75) is 73.3 Å². The lowest BCUT2D eigenvalue weighted by Gasteiger charge is -2.28. The van der Waals surface area contributed by atoms with E-state index in [1.165, 1.54) is 0 Å². The van der Waals surface area contributed by atoms with Gasteiger partial charge in [-0.1, -0.05) is 60.8 Å². The van der Waals surface area contributed by atoms with E-state index < -0.39 is 0 Å². The lowest BCUT2D eigenvalue weighted by molar-refractivity contribution is -0.132. The van der Waals surface area contributed by atoms with Gasteiger partial charge >= 0.3 is 0 Å². The standard InChI is InChI=1S/C16H31NO2/c1-7-10-12(6)16(19)17-14(13(8-2)9-3)15(18)11(4)5/h11-14H,7-10H2,1-6H3,(H,17,19)/t12-,14+/m1/s1. The maximum absolute atomic E-state index is 12.3. The molecule has 3 heteroatoms. The highest BCUT2D eigenvalue weighted by Gasteiger charge is 2.30. The van der Waals surface area contributed by atoms with Crippen molar-refractivity contribution in [3.63, 3.8) is 0 Å². The van der Waals surface area contributed by atoms with Crippen molar-refractivity contribution in [3.05, 3.63) is 0 Å². The van der Waals surface area contributed by atoms with Gasteiger partial charge in [0, 0.05) is 11.8 Å². The van der Waals surface area contributed by atoms with Crippen molar-refractivity contribution in [3.8, 4) is 0 Å². The van der Waals surface area contributed by atoms with Gasteiger partial charge in [-0.2, -0.15) is 0 Å². The van der Waals surface area contributed by atoms with Gasteiger partial charge in [-0.15, -0.1) is 0 Å². The molecule has 0 spiro atoms. The number of hydrogen-bond donors (Lipinski definition) is 1. The van der Waals surface area contributed by atoms with Gasteiger partial charge in [-0.05, 0) is 12.3 Å². The van der Waals surface area contributed by atoms with Crippen LogP contribution in [0.4, 0.5) is 0 Å².